The number of rotatable bonds is 4. The van der Waals surface area contributed by atoms with E-state index in [-0.39, 0.29) is 17.7 Å². The minimum absolute atomic E-state index is 0.170. The van der Waals surface area contributed by atoms with Crippen LogP contribution in [0.5, 0.6) is 0 Å². The molecule has 2 nitrogen and oxygen atoms in total. The van der Waals surface area contributed by atoms with Crippen LogP contribution in [0.4, 0.5) is 8.78 Å². The van der Waals surface area contributed by atoms with Gasteiger partial charge in [0.1, 0.15) is 11.6 Å². The molecule has 2 aromatic rings. The molecule has 0 bridgehead atoms. The normalized spacial score (nSPS) is 12.4. The lowest BCUT2D eigenvalue weighted by atomic mass is 9.98. The van der Waals surface area contributed by atoms with Crippen LogP contribution in [0.2, 0.25) is 0 Å². The summed E-state index contributed by atoms with van der Waals surface area (Å²) >= 11 is 3.33. The average Bonchev–Trinajstić information content (AvgIpc) is 2.41. The first-order valence-electron chi connectivity index (χ1n) is 6.17. The predicted octanol–water partition coefficient (Wildman–Crippen LogP) is 3.78. The number of hydrogen-bond donors (Lipinski definition) is 2. The Bertz CT molecular complexity index is 617. The lowest BCUT2D eigenvalue weighted by molar-refractivity contribution is 0.546. The van der Waals surface area contributed by atoms with Crippen LogP contribution in [0.15, 0.2) is 40.9 Å². The van der Waals surface area contributed by atoms with Crippen LogP contribution < -0.4 is 11.3 Å². The van der Waals surface area contributed by atoms with Gasteiger partial charge >= 0.3 is 0 Å². The van der Waals surface area contributed by atoms with Gasteiger partial charge in [-0.15, -0.1) is 0 Å². The Hall–Kier alpha value is -1.30. The summed E-state index contributed by atoms with van der Waals surface area (Å²) in [6, 6.07) is 9.25. The lowest BCUT2D eigenvalue weighted by Crippen LogP contribution is -2.29. The SMILES string of the molecule is Cc1cc(C(Cc2ccc(F)cc2Br)NN)ccc1F. The zero-order valence-corrected chi connectivity index (χ0v) is 12.5. The maximum Gasteiger partial charge on any atom is 0.126 e. The van der Waals surface area contributed by atoms with Gasteiger partial charge in [0.05, 0.1) is 6.04 Å². The van der Waals surface area contributed by atoms with Gasteiger partial charge in [-0.1, -0.05) is 34.1 Å². The van der Waals surface area contributed by atoms with E-state index in [4.69, 9.17) is 5.84 Å². The summed E-state index contributed by atoms with van der Waals surface area (Å²) in [7, 11) is 0. The highest BCUT2D eigenvalue weighted by molar-refractivity contribution is 9.10. The molecule has 2 rings (SSSR count). The van der Waals surface area contributed by atoms with Gasteiger partial charge < -0.3 is 0 Å². The molecule has 0 aromatic heterocycles. The number of benzene rings is 2. The van der Waals surface area contributed by atoms with Crippen molar-refractivity contribution in [1.29, 1.82) is 0 Å². The van der Waals surface area contributed by atoms with Gasteiger partial charge in [0.2, 0.25) is 0 Å². The molecule has 0 fully saturated rings. The van der Waals surface area contributed by atoms with Crippen molar-refractivity contribution < 1.29 is 8.78 Å². The Kier molecular flexibility index (Phi) is 4.86. The van der Waals surface area contributed by atoms with Crippen LogP contribution >= 0.6 is 15.9 Å². The Labute approximate surface area is 125 Å². The molecule has 0 heterocycles. The van der Waals surface area contributed by atoms with Crippen molar-refractivity contribution >= 4 is 15.9 Å². The van der Waals surface area contributed by atoms with Gasteiger partial charge in [-0.25, -0.2) is 8.78 Å². The fourth-order valence-electron chi connectivity index (χ4n) is 2.06. The summed E-state index contributed by atoms with van der Waals surface area (Å²) in [4.78, 5) is 0. The van der Waals surface area contributed by atoms with E-state index in [9.17, 15) is 8.78 Å². The second-order valence-corrected chi connectivity index (χ2v) is 5.52. The highest BCUT2D eigenvalue weighted by Gasteiger charge is 2.14. The number of hydrogen-bond acceptors (Lipinski definition) is 2. The first kappa shape index (κ1) is 15.1. The van der Waals surface area contributed by atoms with E-state index in [0.717, 1.165) is 11.1 Å². The first-order chi connectivity index (χ1) is 9.51. The molecule has 0 radical (unpaired) electrons. The number of nitrogens with one attached hydrogen (secondary N) is 1. The maximum atomic E-state index is 13.3. The molecule has 0 aliphatic rings. The summed E-state index contributed by atoms with van der Waals surface area (Å²) in [5.74, 6) is 5.05. The van der Waals surface area contributed by atoms with Gasteiger partial charge in [-0.2, -0.15) is 0 Å². The minimum atomic E-state index is -0.296. The average molecular weight is 341 g/mol. The summed E-state index contributed by atoms with van der Waals surface area (Å²) in [5.41, 5.74) is 5.11. The van der Waals surface area contributed by atoms with E-state index in [1.165, 1.54) is 18.2 Å². The smallest absolute Gasteiger partial charge is 0.126 e. The molecule has 106 valence electrons. The zero-order valence-electron chi connectivity index (χ0n) is 11.0. The molecule has 1 atom stereocenters. The second kappa shape index (κ2) is 6.43. The van der Waals surface area contributed by atoms with Gasteiger partial charge in [-0.3, -0.25) is 11.3 Å². The number of halogens is 3. The highest BCUT2D eigenvalue weighted by Crippen LogP contribution is 2.25. The molecule has 0 saturated heterocycles. The molecule has 20 heavy (non-hydrogen) atoms. The molecule has 0 spiro atoms. The molecule has 0 saturated carbocycles. The molecule has 0 amide bonds. The van der Waals surface area contributed by atoms with Crippen LogP contribution in [0.25, 0.3) is 0 Å². The monoisotopic (exact) mass is 340 g/mol. The van der Waals surface area contributed by atoms with Crippen LogP contribution in [0.1, 0.15) is 22.7 Å². The fraction of sp³-hybridized carbons (Fsp3) is 0.200. The summed E-state index contributed by atoms with van der Waals surface area (Å²) in [5, 5.41) is 0. The lowest BCUT2D eigenvalue weighted by Gasteiger charge is -2.18. The summed E-state index contributed by atoms with van der Waals surface area (Å²) < 4.78 is 27.1. The molecule has 2 aromatic carbocycles. The number of nitrogens with two attached hydrogens (primary N) is 1. The Balaban J connectivity index is 2.26. The standard InChI is InChI=1S/C15H15BrF2N2/c1-9-6-11(3-5-14(9)18)15(20-19)7-10-2-4-12(17)8-13(10)16/h2-6,8,15,20H,7,19H2,1H3. The Morgan fingerprint density at radius 1 is 1.20 bits per heavy atom. The van der Waals surface area contributed by atoms with Crippen LogP contribution in [0, 0.1) is 18.6 Å². The van der Waals surface area contributed by atoms with Gasteiger partial charge in [0, 0.05) is 4.47 Å². The van der Waals surface area contributed by atoms with E-state index in [1.807, 2.05) is 0 Å². The van der Waals surface area contributed by atoms with Gasteiger partial charge in [-0.05, 0) is 48.2 Å². The molecule has 0 aliphatic heterocycles. The van der Waals surface area contributed by atoms with E-state index in [2.05, 4.69) is 21.4 Å². The van der Waals surface area contributed by atoms with Gasteiger partial charge in [0.15, 0.2) is 0 Å². The van der Waals surface area contributed by atoms with Crippen molar-refractivity contribution in [2.75, 3.05) is 0 Å². The van der Waals surface area contributed by atoms with Crippen LogP contribution in [-0.4, -0.2) is 0 Å². The molecule has 5 heteroatoms. The van der Waals surface area contributed by atoms with E-state index in [1.54, 1.807) is 25.1 Å². The van der Waals surface area contributed by atoms with E-state index in [0.29, 0.717) is 16.5 Å². The molecule has 0 aliphatic carbocycles. The van der Waals surface area contributed by atoms with Crippen molar-refractivity contribution in [3.8, 4) is 0 Å². The maximum absolute atomic E-state index is 13.3. The number of hydrazine groups is 1. The molecule has 3 N–H and O–H groups in total. The minimum Gasteiger partial charge on any atom is -0.271 e. The third kappa shape index (κ3) is 3.42. The Morgan fingerprint density at radius 2 is 1.95 bits per heavy atom. The van der Waals surface area contributed by atoms with Crippen molar-refractivity contribution in [1.82, 2.24) is 5.43 Å². The van der Waals surface area contributed by atoms with Gasteiger partial charge in [0.25, 0.3) is 0 Å². The zero-order chi connectivity index (χ0) is 14.7. The van der Waals surface area contributed by atoms with E-state index < -0.39 is 0 Å². The van der Waals surface area contributed by atoms with E-state index >= 15 is 0 Å². The molecular weight excluding hydrogens is 326 g/mol. The van der Waals surface area contributed by atoms with Crippen LogP contribution in [-0.2, 0) is 6.42 Å². The molecule has 1 unspecified atom stereocenters. The second-order valence-electron chi connectivity index (χ2n) is 4.67. The summed E-state index contributed by atoms with van der Waals surface area (Å²) in [6.07, 6.45) is 0.572. The third-order valence-electron chi connectivity index (χ3n) is 3.22. The van der Waals surface area contributed by atoms with Crippen molar-refractivity contribution in [2.24, 2.45) is 5.84 Å². The highest BCUT2D eigenvalue weighted by atomic mass is 79.9. The van der Waals surface area contributed by atoms with Crippen LogP contribution in [0.3, 0.4) is 0 Å². The topological polar surface area (TPSA) is 38.0 Å². The van der Waals surface area contributed by atoms with Crippen molar-refractivity contribution in [2.45, 2.75) is 19.4 Å². The number of aryl methyl sites for hydroxylation is 1. The first-order valence-corrected chi connectivity index (χ1v) is 6.96. The van der Waals surface area contributed by atoms with Crippen molar-refractivity contribution in [3.05, 3.63) is 69.2 Å². The fourth-order valence-corrected chi connectivity index (χ4v) is 2.58. The predicted molar refractivity (Wildman–Crippen MR) is 79.0 cm³/mol. The molecular formula is C15H15BrF2N2. The Morgan fingerprint density at radius 3 is 2.55 bits per heavy atom. The summed E-state index contributed by atoms with van der Waals surface area (Å²) in [6.45, 7) is 1.71. The third-order valence-corrected chi connectivity index (χ3v) is 3.96. The van der Waals surface area contributed by atoms with Crippen molar-refractivity contribution in [3.63, 3.8) is 0 Å². The quantitative estimate of drug-likeness (QED) is 0.656. The largest absolute Gasteiger partial charge is 0.271 e.